The van der Waals surface area contributed by atoms with Gasteiger partial charge in [0.15, 0.2) is 12.3 Å². The summed E-state index contributed by atoms with van der Waals surface area (Å²) in [6, 6.07) is 4.53. The molecule has 0 fully saturated rings. The first-order chi connectivity index (χ1) is 24.6. The van der Waals surface area contributed by atoms with Gasteiger partial charge in [-0.05, 0) is 78.0 Å². The lowest BCUT2D eigenvalue weighted by Gasteiger charge is -2.29. The highest BCUT2D eigenvalue weighted by Gasteiger charge is 2.45. The van der Waals surface area contributed by atoms with Crippen LogP contribution in [0.25, 0.3) is 0 Å². The summed E-state index contributed by atoms with van der Waals surface area (Å²) in [5.41, 5.74) is 3.04. The second-order valence-electron chi connectivity index (χ2n) is 13.7. The lowest BCUT2D eigenvalue weighted by atomic mass is 9.78. The number of hydrogen-bond acceptors (Lipinski definition) is 11. The highest BCUT2D eigenvalue weighted by Crippen LogP contribution is 2.43. The molecule has 2 atom stereocenters. The number of carboxylic acids is 1. The quantitative estimate of drug-likeness (QED) is 0.0816. The van der Waals surface area contributed by atoms with Crippen LogP contribution in [0.5, 0.6) is 0 Å². The number of nitrogens with one attached hydrogen (secondary N) is 2. The number of carbonyl (C=O) groups excluding carboxylic acids is 2. The molecule has 15 nitrogen and oxygen atoms in total. The van der Waals surface area contributed by atoms with Gasteiger partial charge in [0, 0.05) is 58.9 Å². The Morgan fingerprint density at radius 1 is 1.13 bits per heavy atom. The summed E-state index contributed by atoms with van der Waals surface area (Å²) in [4.78, 5) is 38.5. The van der Waals surface area contributed by atoms with Gasteiger partial charge in [-0.3, -0.25) is 19.2 Å². The third kappa shape index (κ3) is 10.4. The van der Waals surface area contributed by atoms with Crippen LogP contribution >= 0.6 is 12.0 Å². The predicted molar refractivity (Wildman–Crippen MR) is 196 cm³/mol. The Morgan fingerprint density at radius 3 is 2.62 bits per heavy atom. The summed E-state index contributed by atoms with van der Waals surface area (Å²) in [6.45, 7) is 8.80. The lowest BCUT2D eigenvalue weighted by Crippen LogP contribution is -2.41. The molecule has 284 valence electrons. The molecule has 1 aromatic carbocycles. The molecular formula is C35H48N5O10S2+. The van der Waals surface area contributed by atoms with Gasteiger partial charge in [-0.2, -0.15) is 18.1 Å². The van der Waals surface area contributed by atoms with Crippen LogP contribution in [-0.4, -0.2) is 93.6 Å². The van der Waals surface area contributed by atoms with Crippen LogP contribution in [0.1, 0.15) is 78.2 Å². The van der Waals surface area contributed by atoms with Gasteiger partial charge in [-0.15, -0.1) is 4.33 Å². The normalized spacial score (nSPS) is 25.6. The second-order valence-corrected chi connectivity index (χ2v) is 16.0. The summed E-state index contributed by atoms with van der Waals surface area (Å²) in [6.07, 6.45) is 11.4. The molecule has 1 aromatic rings. The number of fused-ring (bicyclic) bond motifs is 3. The number of nitrogens with zero attached hydrogens (tertiary/aromatic N) is 3. The van der Waals surface area contributed by atoms with Crippen LogP contribution in [0.2, 0.25) is 0 Å². The monoisotopic (exact) mass is 762 g/mol. The summed E-state index contributed by atoms with van der Waals surface area (Å²) < 4.78 is 39.0. The molecule has 4 rings (SSSR count). The van der Waals surface area contributed by atoms with Crippen LogP contribution in [0.3, 0.4) is 0 Å². The van der Waals surface area contributed by atoms with Crippen LogP contribution in [-0.2, 0) is 39.3 Å². The van der Waals surface area contributed by atoms with Crippen molar-refractivity contribution in [2.45, 2.75) is 89.0 Å². The third-order valence-corrected chi connectivity index (χ3v) is 11.1. The van der Waals surface area contributed by atoms with E-state index in [0.29, 0.717) is 30.7 Å². The van der Waals surface area contributed by atoms with E-state index < -0.39 is 38.9 Å². The molecule has 2 amide bonds. The number of carboxylic acid groups (broad SMARTS) is 1. The molecule has 3 heterocycles. The van der Waals surface area contributed by atoms with Gasteiger partial charge in [0.05, 0.1) is 29.6 Å². The molecule has 17 heteroatoms. The standard InChI is InChI=1S/C35H47N5O10S2/c1-24-35(4,18-10-22-52(46,47)48)30-13-7-5-6-12-29-34(2,3)26-23-25(51-50-49-45)14-15-28(26)39(29)20-16-32(42)37-27(33(43)44)11-8-9-19-36-31(41)17-21-40(30)38-24/h5-7,12-15,23,27H,8-11,16-22H2,1-4H3,(H4-,36,37,41,42,43,44,45,46,47,48)/p+1. The number of benzene rings is 1. The van der Waals surface area contributed by atoms with Gasteiger partial charge < -0.3 is 15.7 Å². The number of amides is 2. The first-order valence-electron chi connectivity index (χ1n) is 17.1. The highest BCUT2D eigenvalue weighted by atomic mass is 32.2. The van der Waals surface area contributed by atoms with E-state index in [4.69, 9.17) is 10.4 Å². The van der Waals surface area contributed by atoms with Crippen LogP contribution < -0.4 is 10.6 Å². The molecule has 0 aromatic heterocycles. The Labute approximate surface area is 308 Å². The molecule has 0 spiro atoms. The molecule has 52 heavy (non-hydrogen) atoms. The zero-order valence-electron chi connectivity index (χ0n) is 29.8. The Bertz CT molecular complexity index is 1790. The Morgan fingerprint density at radius 2 is 1.90 bits per heavy atom. The van der Waals surface area contributed by atoms with E-state index in [9.17, 15) is 32.5 Å². The largest absolute Gasteiger partial charge is 0.480 e. The van der Waals surface area contributed by atoms with Crippen LogP contribution in [0.15, 0.2) is 64.3 Å². The molecule has 0 saturated carbocycles. The third-order valence-electron chi connectivity index (χ3n) is 9.73. The Kier molecular flexibility index (Phi) is 14.0. The summed E-state index contributed by atoms with van der Waals surface area (Å²) in [5.74, 6) is -2.11. The zero-order chi connectivity index (χ0) is 38.1. The predicted octanol–water partition coefficient (Wildman–Crippen LogP) is 4.50. The van der Waals surface area contributed by atoms with Crippen molar-refractivity contribution in [2.75, 3.05) is 25.4 Å². The van der Waals surface area contributed by atoms with Crippen molar-refractivity contribution in [3.05, 3.63) is 59.8 Å². The lowest BCUT2D eigenvalue weighted by molar-refractivity contribution is -0.436. The minimum Gasteiger partial charge on any atom is -0.480 e. The van der Waals surface area contributed by atoms with E-state index in [1.807, 2.05) is 74.8 Å². The molecular weight excluding hydrogens is 715 g/mol. The maximum atomic E-state index is 13.1. The van der Waals surface area contributed by atoms with Crippen molar-refractivity contribution in [1.29, 1.82) is 0 Å². The topological polar surface area (TPSA) is 207 Å². The summed E-state index contributed by atoms with van der Waals surface area (Å²) in [5, 5.41) is 34.2. The zero-order valence-corrected chi connectivity index (χ0v) is 31.5. The minimum absolute atomic E-state index is 0.0257. The maximum Gasteiger partial charge on any atom is 0.326 e. The van der Waals surface area contributed by atoms with E-state index in [1.165, 1.54) is 0 Å². The van der Waals surface area contributed by atoms with Gasteiger partial charge in [0.25, 0.3) is 10.1 Å². The number of allylic oxidation sites excluding steroid dienone is 6. The number of aliphatic carboxylic acids is 1. The molecule has 0 saturated heterocycles. The van der Waals surface area contributed by atoms with Gasteiger partial charge in [0.1, 0.15) is 6.04 Å². The number of rotatable bonds is 8. The number of hydrazone groups is 1. The Hall–Kier alpha value is -3.87. The molecule has 0 aliphatic carbocycles. The van der Waals surface area contributed by atoms with E-state index in [0.717, 1.165) is 40.4 Å². The van der Waals surface area contributed by atoms with Crippen molar-refractivity contribution >= 4 is 57.1 Å². The van der Waals surface area contributed by atoms with Crippen molar-refractivity contribution in [3.63, 3.8) is 0 Å². The number of carbonyl (C=O) groups is 3. The Balaban J connectivity index is 1.70. The minimum atomic E-state index is -4.14. The summed E-state index contributed by atoms with van der Waals surface area (Å²) >= 11 is 0.842. The van der Waals surface area contributed by atoms with Gasteiger partial charge in [0.2, 0.25) is 17.5 Å². The fourth-order valence-corrected chi connectivity index (χ4v) is 7.67. The fourth-order valence-electron chi connectivity index (χ4n) is 6.77. The van der Waals surface area contributed by atoms with Crippen LogP contribution in [0, 0.1) is 5.41 Å². The summed E-state index contributed by atoms with van der Waals surface area (Å²) in [7, 11) is -4.14. The van der Waals surface area contributed by atoms with Crippen molar-refractivity contribution < 1.29 is 51.7 Å². The molecule has 3 aliphatic rings. The smallest absolute Gasteiger partial charge is 0.326 e. The first kappa shape index (κ1) is 40.9. The van der Waals surface area contributed by atoms with E-state index >= 15 is 0 Å². The maximum absolute atomic E-state index is 13.1. The van der Waals surface area contributed by atoms with Crippen molar-refractivity contribution in [2.24, 2.45) is 10.5 Å². The average molecular weight is 763 g/mol. The second kappa shape index (κ2) is 17.8. The molecule has 3 aliphatic heterocycles. The molecule has 2 unspecified atom stereocenters. The number of hydrogen-bond donors (Lipinski definition) is 5. The fraction of sp³-hybridized carbons (Fsp3) is 0.514. The van der Waals surface area contributed by atoms with E-state index in [2.05, 4.69) is 20.0 Å². The first-order valence-corrected chi connectivity index (χ1v) is 19.5. The average Bonchev–Trinajstić information content (AvgIpc) is 3.43. The SMILES string of the molecule is CC1=NN2CCC(=O)NCCCCC(C(=O)O)NC(=O)CC[N+]3=C(/C=C/C=C/C=C\2C1(C)CCCS(=O)(=O)O)C(C)(C)c1cc(SOOO)ccc13. The molecule has 0 bridgehead atoms. The van der Waals surface area contributed by atoms with Gasteiger partial charge in [-0.25, -0.2) is 10.1 Å². The van der Waals surface area contributed by atoms with Crippen LogP contribution in [0.4, 0.5) is 5.69 Å². The van der Waals surface area contributed by atoms with Crippen molar-refractivity contribution in [1.82, 2.24) is 15.6 Å². The molecule has 5 N–H and O–H groups in total. The van der Waals surface area contributed by atoms with E-state index in [-0.39, 0.29) is 50.4 Å². The van der Waals surface area contributed by atoms with Gasteiger partial charge in [-0.1, -0.05) is 23.3 Å². The highest BCUT2D eigenvalue weighted by molar-refractivity contribution is 7.94. The van der Waals surface area contributed by atoms with Gasteiger partial charge >= 0.3 is 5.97 Å². The van der Waals surface area contributed by atoms with E-state index in [1.54, 1.807) is 11.1 Å². The van der Waals surface area contributed by atoms with Crippen molar-refractivity contribution in [3.8, 4) is 0 Å². The molecule has 0 radical (unpaired) electrons.